The Morgan fingerprint density at radius 2 is 1.72 bits per heavy atom. The number of aryl methyl sites for hydroxylation is 1. The number of fused-ring (bicyclic) bond motifs is 1. The van der Waals surface area contributed by atoms with Crippen LogP contribution in [-0.2, 0) is 14.6 Å². The Labute approximate surface area is 146 Å². The van der Waals surface area contributed by atoms with E-state index in [2.05, 4.69) is 0 Å². The predicted octanol–water partition coefficient (Wildman–Crippen LogP) is 3.27. The maximum atomic E-state index is 13.1. The zero-order chi connectivity index (χ0) is 18.4. The van der Waals surface area contributed by atoms with Crippen molar-refractivity contribution in [3.05, 3.63) is 59.2 Å². The Balaban J connectivity index is 2.13. The van der Waals surface area contributed by atoms with Crippen LogP contribution in [-0.4, -0.2) is 20.2 Å². The van der Waals surface area contributed by atoms with E-state index < -0.39 is 27.0 Å². The minimum absolute atomic E-state index is 0.175. The smallest absolute Gasteiger partial charge is 0.308 e. The Kier molecular flexibility index (Phi) is 4.24. The first-order chi connectivity index (χ1) is 11.7. The van der Waals surface area contributed by atoms with Gasteiger partial charge in [0, 0.05) is 18.4 Å². The molecule has 2 atom stereocenters. The molecule has 0 saturated heterocycles. The summed E-state index contributed by atoms with van der Waals surface area (Å²) in [6.07, 6.45) is 0. The molecule has 0 bridgehead atoms. The van der Waals surface area contributed by atoms with Gasteiger partial charge in [0.15, 0.2) is 15.6 Å². The summed E-state index contributed by atoms with van der Waals surface area (Å²) in [6, 6.07) is 11.1. The zero-order valence-electron chi connectivity index (χ0n) is 14.1. The summed E-state index contributed by atoms with van der Waals surface area (Å²) in [5, 5.41) is -0.992. The number of benzene rings is 2. The van der Waals surface area contributed by atoms with Gasteiger partial charge in [0.05, 0.1) is 4.90 Å². The van der Waals surface area contributed by atoms with Crippen LogP contribution < -0.4 is 4.74 Å². The van der Waals surface area contributed by atoms with Gasteiger partial charge in [-0.05, 0) is 42.8 Å². The van der Waals surface area contributed by atoms with Gasteiger partial charge in [0.1, 0.15) is 11.0 Å². The molecule has 0 unspecified atom stereocenters. The number of rotatable bonds is 3. The molecule has 1 aliphatic rings. The number of esters is 1. The van der Waals surface area contributed by atoms with Gasteiger partial charge in [-0.3, -0.25) is 9.59 Å². The summed E-state index contributed by atoms with van der Waals surface area (Å²) in [5.74, 6) is -1.19. The Morgan fingerprint density at radius 1 is 1.08 bits per heavy atom. The minimum atomic E-state index is -3.76. The number of ether oxygens (including phenoxy) is 1. The van der Waals surface area contributed by atoms with Crippen molar-refractivity contribution in [1.29, 1.82) is 0 Å². The van der Waals surface area contributed by atoms with Crippen LogP contribution in [0, 0.1) is 12.8 Å². The Bertz CT molecular complexity index is 958. The molecule has 1 aliphatic carbocycles. The van der Waals surface area contributed by atoms with Crippen molar-refractivity contribution in [2.75, 3.05) is 0 Å². The standard InChI is InChI=1S/C19H18O5S/c1-11-4-7-15(8-5-11)25(22,23)19-12(2)18(21)16-9-6-14(10-17(16)19)24-13(3)20/h4-10,12,19H,1-3H3/t12-,19+/m1/s1. The van der Waals surface area contributed by atoms with Crippen molar-refractivity contribution >= 4 is 21.6 Å². The third-order valence-corrected chi connectivity index (χ3v) is 6.67. The molecule has 0 heterocycles. The fourth-order valence-corrected chi connectivity index (χ4v) is 5.19. The molecule has 0 radical (unpaired) electrons. The monoisotopic (exact) mass is 358 g/mol. The molecule has 0 spiro atoms. The molecular weight excluding hydrogens is 340 g/mol. The summed E-state index contributed by atoms with van der Waals surface area (Å²) in [7, 11) is -3.76. The van der Waals surface area contributed by atoms with Crippen LogP contribution in [0.2, 0.25) is 0 Å². The normalized spacial score (nSPS) is 19.6. The second-order valence-electron chi connectivity index (χ2n) is 6.27. The lowest BCUT2D eigenvalue weighted by molar-refractivity contribution is -0.131. The number of Topliss-reactive ketones (excluding diaryl/α,β-unsaturated/α-hetero) is 1. The molecule has 0 fully saturated rings. The lowest BCUT2D eigenvalue weighted by atomic mass is 10.1. The molecule has 0 amide bonds. The third kappa shape index (κ3) is 2.98. The first-order valence-corrected chi connectivity index (χ1v) is 9.43. The van der Waals surface area contributed by atoms with Crippen LogP contribution in [0.3, 0.4) is 0 Å². The number of ketones is 1. The quantitative estimate of drug-likeness (QED) is 0.622. The van der Waals surface area contributed by atoms with Crippen molar-refractivity contribution in [1.82, 2.24) is 0 Å². The summed E-state index contributed by atoms with van der Waals surface area (Å²) >= 11 is 0. The van der Waals surface area contributed by atoms with Crippen LogP contribution in [0.1, 0.15) is 40.6 Å². The van der Waals surface area contributed by atoms with Crippen molar-refractivity contribution in [3.63, 3.8) is 0 Å². The van der Waals surface area contributed by atoms with Crippen LogP contribution >= 0.6 is 0 Å². The second-order valence-corrected chi connectivity index (χ2v) is 8.34. The second kappa shape index (κ2) is 6.11. The van der Waals surface area contributed by atoms with Crippen LogP contribution in [0.4, 0.5) is 0 Å². The molecule has 130 valence electrons. The number of hydrogen-bond acceptors (Lipinski definition) is 5. The third-order valence-electron chi connectivity index (χ3n) is 4.41. The van der Waals surface area contributed by atoms with Crippen LogP contribution in [0.25, 0.3) is 0 Å². The molecule has 3 rings (SSSR count). The SMILES string of the molecule is CC(=O)Oc1ccc2c(c1)[C@@H](S(=O)(=O)c1ccc(C)cc1)[C@H](C)C2=O. The first kappa shape index (κ1) is 17.4. The van der Waals surface area contributed by atoms with Gasteiger partial charge < -0.3 is 4.74 Å². The number of hydrogen-bond donors (Lipinski definition) is 0. The largest absolute Gasteiger partial charge is 0.427 e. The molecule has 25 heavy (non-hydrogen) atoms. The van der Waals surface area contributed by atoms with Crippen molar-refractivity contribution in [3.8, 4) is 5.75 Å². The van der Waals surface area contributed by atoms with Gasteiger partial charge in [-0.1, -0.05) is 24.6 Å². The van der Waals surface area contributed by atoms with Gasteiger partial charge in [-0.25, -0.2) is 8.42 Å². The van der Waals surface area contributed by atoms with E-state index in [1.165, 1.54) is 25.1 Å². The maximum absolute atomic E-state index is 13.1. The molecule has 2 aromatic rings. The average molecular weight is 358 g/mol. The van der Waals surface area contributed by atoms with E-state index in [0.717, 1.165) is 5.56 Å². The fraction of sp³-hybridized carbons (Fsp3) is 0.263. The van der Waals surface area contributed by atoms with E-state index in [1.54, 1.807) is 31.2 Å². The highest BCUT2D eigenvalue weighted by atomic mass is 32.2. The number of sulfone groups is 1. The van der Waals surface area contributed by atoms with Gasteiger partial charge >= 0.3 is 5.97 Å². The van der Waals surface area contributed by atoms with Crippen LogP contribution in [0.15, 0.2) is 47.4 Å². The highest BCUT2D eigenvalue weighted by molar-refractivity contribution is 7.91. The Hall–Kier alpha value is -2.47. The van der Waals surface area contributed by atoms with E-state index in [1.807, 2.05) is 6.92 Å². The molecule has 2 aromatic carbocycles. The van der Waals surface area contributed by atoms with Crippen molar-refractivity contribution in [2.45, 2.75) is 30.9 Å². The summed E-state index contributed by atoms with van der Waals surface area (Å²) < 4.78 is 31.3. The first-order valence-electron chi connectivity index (χ1n) is 7.89. The maximum Gasteiger partial charge on any atom is 0.308 e. The van der Waals surface area contributed by atoms with E-state index >= 15 is 0 Å². The highest BCUT2D eigenvalue weighted by Crippen LogP contribution is 2.45. The Morgan fingerprint density at radius 3 is 2.32 bits per heavy atom. The van der Waals surface area contributed by atoms with Gasteiger partial charge in [-0.15, -0.1) is 0 Å². The molecule has 0 N–H and O–H groups in total. The van der Waals surface area contributed by atoms with E-state index in [4.69, 9.17) is 4.74 Å². The lowest BCUT2D eigenvalue weighted by Crippen LogP contribution is -2.19. The van der Waals surface area contributed by atoms with Gasteiger partial charge in [0.2, 0.25) is 0 Å². The predicted molar refractivity (Wildman–Crippen MR) is 92.4 cm³/mol. The van der Waals surface area contributed by atoms with Gasteiger partial charge in [0.25, 0.3) is 0 Å². The number of carbonyl (C=O) groups excluding carboxylic acids is 2. The van der Waals surface area contributed by atoms with E-state index in [9.17, 15) is 18.0 Å². The molecular formula is C19H18O5S. The summed E-state index contributed by atoms with van der Waals surface area (Å²) in [4.78, 5) is 23.8. The van der Waals surface area contributed by atoms with Crippen molar-refractivity contribution < 1.29 is 22.7 Å². The molecule has 5 nitrogen and oxygen atoms in total. The molecule has 6 heteroatoms. The number of carbonyl (C=O) groups is 2. The minimum Gasteiger partial charge on any atom is -0.427 e. The topological polar surface area (TPSA) is 77.5 Å². The van der Waals surface area contributed by atoms with Crippen molar-refractivity contribution in [2.24, 2.45) is 5.92 Å². The molecule has 0 saturated carbocycles. The highest BCUT2D eigenvalue weighted by Gasteiger charge is 2.45. The fourth-order valence-electron chi connectivity index (χ4n) is 3.19. The van der Waals surface area contributed by atoms with Gasteiger partial charge in [-0.2, -0.15) is 0 Å². The van der Waals surface area contributed by atoms with E-state index in [0.29, 0.717) is 11.1 Å². The zero-order valence-corrected chi connectivity index (χ0v) is 15.0. The summed E-state index contributed by atoms with van der Waals surface area (Å²) in [6.45, 7) is 4.75. The molecule has 0 aromatic heterocycles. The lowest BCUT2D eigenvalue weighted by Gasteiger charge is -2.17. The van der Waals surface area contributed by atoms with Crippen LogP contribution in [0.5, 0.6) is 5.75 Å². The molecule has 0 aliphatic heterocycles. The van der Waals surface area contributed by atoms with E-state index in [-0.39, 0.29) is 16.4 Å². The average Bonchev–Trinajstić information content (AvgIpc) is 2.78. The summed E-state index contributed by atoms with van der Waals surface area (Å²) in [5.41, 5.74) is 1.70.